The Morgan fingerprint density at radius 3 is 2.33 bits per heavy atom. The summed E-state index contributed by atoms with van der Waals surface area (Å²) in [5.41, 5.74) is 7.13. The van der Waals surface area contributed by atoms with Crippen molar-refractivity contribution >= 4 is 24.9 Å². The fraction of sp³-hybridized carbons (Fsp3) is 0.407. The smallest absolute Gasteiger partial charge is 0.504 e. The zero-order valence-electron chi connectivity index (χ0n) is 23.3. The van der Waals surface area contributed by atoms with Crippen LogP contribution in [0.4, 0.5) is 14.3 Å². The quantitative estimate of drug-likeness (QED) is 0.0646. The van der Waals surface area contributed by atoms with Gasteiger partial charge >= 0.3 is 13.4 Å². The lowest BCUT2D eigenvalue weighted by molar-refractivity contribution is -0.134. The van der Waals surface area contributed by atoms with Gasteiger partial charge < -0.3 is 35.2 Å². The molecule has 0 unspecified atom stereocenters. The predicted molar refractivity (Wildman–Crippen MR) is 148 cm³/mol. The van der Waals surface area contributed by atoms with Gasteiger partial charge in [-0.1, -0.05) is 38.1 Å². The second-order valence-corrected chi connectivity index (χ2v) is 8.93. The molecule has 12 heteroatoms. The number of hydrogen-bond acceptors (Lipinski definition) is 8. The third-order valence-corrected chi connectivity index (χ3v) is 5.74. The number of carboxylic acids is 1. The lowest BCUT2D eigenvalue weighted by Crippen LogP contribution is -2.22. The molecular formula is C27H38BF2N3O6. The van der Waals surface area contributed by atoms with Crippen LogP contribution in [0.1, 0.15) is 26.3 Å². The zero-order valence-corrected chi connectivity index (χ0v) is 23.3. The molecule has 0 amide bonds. The van der Waals surface area contributed by atoms with E-state index in [9.17, 15) is 23.3 Å². The van der Waals surface area contributed by atoms with Crippen molar-refractivity contribution < 1.29 is 37.5 Å². The Balaban J connectivity index is 0.00000139. The van der Waals surface area contributed by atoms with E-state index in [4.69, 9.17) is 10.5 Å². The van der Waals surface area contributed by atoms with Crippen molar-refractivity contribution in [3.63, 3.8) is 0 Å². The molecule has 0 saturated heterocycles. The van der Waals surface area contributed by atoms with E-state index in [-0.39, 0.29) is 5.41 Å². The number of rotatable bonds is 13. The summed E-state index contributed by atoms with van der Waals surface area (Å²) < 4.78 is 39.8. The van der Waals surface area contributed by atoms with Gasteiger partial charge in [0.15, 0.2) is 5.78 Å². The van der Waals surface area contributed by atoms with Crippen LogP contribution in [0.15, 0.2) is 71.3 Å². The number of fused-ring (bicyclic) bond motifs is 1. The van der Waals surface area contributed by atoms with Crippen molar-refractivity contribution in [2.75, 3.05) is 52.5 Å². The summed E-state index contributed by atoms with van der Waals surface area (Å²) in [5.74, 6) is -3.39. The van der Waals surface area contributed by atoms with E-state index < -0.39 is 30.6 Å². The first-order chi connectivity index (χ1) is 18.4. The molecule has 9 nitrogen and oxygen atoms in total. The Bertz CT molecular complexity index is 1100. The summed E-state index contributed by atoms with van der Waals surface area (Å²) in [5, 5.41) is 12.4. The van der Waals surface area contributed by atoms with Crippen molar-refractivity contribution in [3.05, 3.63) is 76.9 Å². The molecule has 1 aliphatic rings. The number of aliphatic carboxylic acids is 1. The number of likely N-dealkylation sites (N-methyl/N-ethyl adjacent to an activating group) is 1. The molecule has 0 aromatic heterocycles. The number of carbonyl (C=O) groups excluding carboxylic acids is 1. The number of nitrogens with one attached hydrogen (secondary N) is 1. The van der Waals surface area contributed by atoms with Crippen molar-refractivity contribution in [1.29, 1.82) is 0 Å². The number of nitrogens with zero attached hydrogens (tertiary/aromatic N) is 1. The number of anilines is 1. The van der Waals surface area contributed by atoms with Gasteiger partial charge in [-0.2, -0.15) is 0 Å². The van der Waals surface area contributed by atoms with Crippen molar-refractivity contribution in [2.24, 2.45) is 5.73 Å². The molecule has 0 radical (unpaired) electrons. The lowest BCUT2D eigenvalue weighted by atomic mass is 9.84. The van der Waals surface area contributed by atoms with Crippen LogP contribution in [0.25, 0.3) is 0 Å². The van der Waals surface area contributed by atoms with E-state index in [0.29, 0.717) is 32.0 Å². The molecule has 39 heavy (non-hydrogen) atoms. The highest BCUT2D eigenvalue weighted by molar-refractivity contribution is 6.35. The van der Waals surface area contributed by atoms with Gasteiger partial charge in [0.25, 0.3) is 0 Å². The summed E-state index contributed by atoms with van der Waals surface area (Å²) in [6.45, 7) is 7.60. The lowest BCUT2D eigenvalue weighted by Gasteiger charge is -2.23. The molecule has 0 aliphatic carbocycles. The Hall–Kier alpha value is -3.48. The van der Waals surface area contributed by atoms with Gasteiger partial charge in [-0.25, -0.2) is 13.4 Å². The molecule has 4 N–H and O–H groups in total. The third kappa shape index (κ3) is 9.97. The highest BCUT2D eigenvalue weighted by Gasteiger charge is 2.37. The number of carbonyl (C=O) groups is 2. The Kier molecular flexibility index (Phi) is 14.2. The largest absolute Gasteiger partial charge is 0.796 e. The summed E-state index contributed by atoms with van der Waals surface area (Å²) >= 11 is 0. The maximum Gasteiger partial charge on any atom is 0.796 e. The average molecular weight is 549 g/mol. The molecule has 0 spiro atoms. The summed E-state index contributed by atoms with van der Waals surface area (Å²) in [6, 6.07) is 7.89. The van der Waals surface area contributed by atoms with Crippen LogP contribution in [0, 0.1) is 0 Å². The maximum absolute atomic E-state index is 13.0. The summed E-state index contributed by atoms with van der Waals surface area (Å²) in [4.78, 5) is 26.5. The van der Waals surface area contributed by atoms with E-state index in [2.05, 4.69) is 14.7 Å². The fourth-order valence-electron chi connectivity index (χ4n) is 3.92. The van der Waals surface area contributed by atoms with Crippen molar-refractivity contribution in [3.8, 4) is 0 Å². The average Bonchev–Trinajstić information content (AvgIpc) is 3.05. The van der Waals surface area contributed by atoms with Crippen molar-refractivity contribution in [1.82, 2.24) is 5.32 Å². The molecule has 0 atom stereocenters. The number of para-hydroxylation sites is 1. The van der Waals surface area contributed by atoms with Crippen LogP contribution in [-0.2, 0) is 29.1 Å². The SMILES string of the molecule is COCCN.COCCN/C(C)=C\C(OB(F)F)=C(/C(=O)O)C(=O)/C=C/C=C1/N(C)c2ccccc2C1(C)C. The molecule has 0 bridgehead atoms. The number of carboxylic acid groups (broad SMARTS) is 1. The molecule has 2 rings (SSSR count). The Morgan fingerprint density at radius 1 is 1.18 bits per heavy atom. The summed E-state index contributed by atoms with van der Waals surface area (Å²) in [6.07, 6.45) is 5.20. The number of benzene rings is 1. The van der Waals surface area contributed by atoms with Crippen molar-refractivity contribution in [2.45, 2.75) is 26.2 Å². The second-order valence-electron chi connectivity index (χ2n) is 8.93. The number of ether oxygens (including phenoxy) is 2. The number of ketones is 1. The molecule has 1 aromatic rings. The van der Waals surface area contributed by atoms with Gasteiger partial charge in [-0.3, -0.25) is 4.79 Å². The molecule has 1 aliphatic heterocycles. The maximum atomic E-state index is 13.0. The van der Waals surface area contributed by atoms with E-state index >= 15 is 0 Å². The second kappa shape index (κ2) is 16.5. The number of allylic oxidation sites excluding steroid dienone is 6. The van der Waals surface area contributed by atoms with Gasteiger partial charge in [-0.05, 0) is 36.8 Å². The van der Waals surface area contributed by atoms with Crippen LogP contribution >= 0.6 is 0 Å². The van der Waals surface area contributed by atoms with E-state index in [1.807, 2.05) is 50.1 Å². The molecular weight excluding hydrogens is 511 g/mol. The third-order valence-electron chi connectivity index (χ3n) is 5.74. The molecule has 0 fully saturated rings. The molecule has 1 aromatic carbocycles. The monoisotopic (exact) mass is 549 g/mol. The predicted octanol–water partition coefficient (Wildman–Crippen LogP) is 3.43. The van der Waals surface area contributed by atoms with E-state index in [1.54, 1.807) is 13.2 Å². The first kappa shape index (κ1) is 33.6. The summed E-state index contributed by atoms with van der Waals surface area (Å²) in [7, 11) is 1.72. The van der Waals surface area contributed by atoms with Gasteiger partial charge in [-0.15, -0.1) is 0 Å². The van der Waals surface area contributed by atoms with E-state index in [0.717, 1.165) is 29.1 Å². The minimum atomic E-state index is -3.31. The first-order valence-corrected chi connectivity index (χ1v) is 12.2. The zero-order chi connectivity index (χ0) is 29.6. The van der Waals surface area contributed by atoms with Gasteiger partial charge in [0.1, 0.15) is 11.3 Å². The molecule has 0 saturated carbocycles. The van der Waals surface area contributed by atoms with Crippen LogP contribution in [0.2, 0.25) is 0 Å². The first-order valence-electron chi connectivity index (χ1n) is 12.2. The minimum absolute atomic E-state index is 0.331. The number of hydrogen-bond donors (Lipinski definition) is 3. The fourth-order valence-corrected chi connectivity index (χ4v) is 3.92. The minimum Gasteiger partial charge on any atom is -0.504 e. The van der Waals surface area contributed by atoms with Crippen LogP contribution < -0.4 is 16.0 Å². The Morgan fingerprint density at radius 2 is 1.82 bits per heavy atom. The van der Waals surface area contributed by atoms with Crippen LogP contribution in [-0.4, -0.2) is 71.9 Å². The van der Waals surface area contributed by atoms with E-state index in [1.165, 1.54) is 20.1 Å². The highest BCUT2D eigenvalue weighted by atomic mass is 19.2. The normalized spacial score (nSPS) is 15.9. The van der Waals surface area contributed by atoms with Gasteiger partial charge in [0, 0.05) is 56.9 Å². The number of methoxy groups -OCH3 is 2. The molecule has 1 heterocycles. The molecule has 214 valence electrons. The van der Waals surface area contributed by atoms with Crippen LogP contribution in [0.3, 0.4) is 0 Å². The number of halogens is 2. The van der Waals surface area contributed by atoms with Gasteiger partial charge in [0.05, 0.1) is 13.2 Å². The van der Waals surface area contributed by atoms with Gasteiger partial charge in [0.2, 0.25) is 0 Å². The Labute approximate surface area is 229 Å². The standard InChI is InChI=1S/C24H29BF2N2O5.C3H9NO/c1-16(28-13-14-33-5)15-20(34-25(26)27)22(23(31)32)19(30)11-8-12-21-24(2,3)17-9-6-7-10-18(17)29(21)4;1-5-3-2-4/h6-12,15,28H,13-14H2,1-5H3,(H,31,32);2-4H2,1H3/b11-8+,16-15-,21-12+,22-20+;. The number of nitrogens with two attached hydrogens (primary N) is 1. The van der Waals surface area contributed by atoms with Crippen LogP contribution in [0.5, 0.6) is 0 Å². The topological polar surface area (TPSA) is 123 Å². The highest BCUT2D eigenvalue weighted by Crippen LogP contribution is 2.46.